The number of hydrogen-bond donors (Lipinski definition) is 3. The first-order valence-electron chi connectivity index (χ1n) is 9.12. The normalized spacial score (nSPS) is 14.7. The molecular formula is C21H26N3O2+. The SMILES string of the molecule is C[NH+](CC(=O)NC1CC1)CC(=O)NC(c1ccccc1)c1ccccc1. The number of hydrogen-bond acceptors (Lipinski definition) is 2. The molecule has 0 spiro atoms. The Labute approximate surface area is 154 Å². The summed E-state index contributed by atoms with van der Waals surface area (Å²) in [6, 6.07) is 20.0. The zero-order chi connectivity index (χ0) is 18.4. The minimum Gasteiger partial charge on any atom is -0.348 e. The van der Waals surface area contributed by atoms with Gasteiger partial charge in [-0.25, -0.2) is 0 Å². The number of benzene rings is 2. The average Bonchev–Trinajstić information content (AvgIpc) is 3.44. The van der Waals surface area contributed by atoms with Crippen LogP contribution in [0.15, 0.2) is 60.7 Å². The van der Waals surface area contributed by atoms with Crippen molar-refractivity contribution in [2.75, 3.05) is 20.1 Å². The van der Waals surface area contributed by atoms with Crippen LogP contribution in [0, 0.1) is 0 Å². The van der Waals surface area contributed by atoms with Crippen LogP contribution in [0.25, 0.3) is 0 Å². The first-order chi connectivity index (χ1) is 12.6. The lowest BCUT2D eigenvalue weighted by molar-refractivity contribution is -0.862. The molecule has 0 saturated heterocycles. The maximum absolute atomic E-state index is 12.6. The van der Waals surface area contributed by atoms with E-state index in [1.165, 1.54) is 0 Å². The van der Waals surface area contributed by atoms with Gasteiger partial charge in [0.25, 0.3) is 11.8 Å². The molecule has 1 aliphatic rings. The maximum Gasteiger partial charge on any atom is 0.275 e. The molecule has 1 saturated carbocycles. The van der Waals surface area contributed by atoms with Crippen molar-refractivity contribution in [3.8, 4) is 0 Å². The lowest BCUT2D eigenvalue weighted by Gasteiger charge is -2.21. The maximum atomic E-state index is 12.6. The van der Waals surface area contributed by atoms with Crippen molar-refractivity contribution >= 4 is 11.8 Å². The number of carbonyl (C=O) groups is 2. The smallest absolute Gasteiger partial charge is 0.275 e. The van der Waals surface area contributed by atoms with E-state index in [2.05, 4.69) is 10.6 Å². The molecule has 3 N–H and O–H groups in total. The topological polar surface area (TPSA) is 62.6 Å². The van der Waals surface area contributed by atoms with E-state index < -0.39 is 0 Å². The molecule has 0 radical (unpaired) electrons. The van der Waals surface area contributed by atoms with Crippen LogP contribution in [0.2, 0.25) is 0 Å². The highest BCUT2D eigenvalue weighted by atomic mass is 16.2. The summed E-state index contributed by atoms with van der Waals surface area (Å²) in [5.41, 5.74) is 2.08. The highest BCUT2D eigenvalue weighted by molar-refractivity contribution is 5.79. The van der Waals surface area contributed by atoms with Crippen LogP contribution in [0.5, 0.6) is 0 Å². The van der Waals surface area contributed by atoms with Crippen LogP contribution in [-0.4, -0.2) is 38.0 Å². The average molecular weight is 352 g/mol. The Morgan fingerprint density at radius 1 is 0.923 bits per heavy atom. The molecule has 3 rings (SSSR count). The highest BCUT2D eigenvalue weighted by Gasteiger charge is 2.25. The predicted molar refractivity (Wildman–Crippen MR) is 101 cm³/mol. The fraction of sp³-hybridized carbons (Fsp3) is 0.333. The van der Waals surface area contributed by atoms with E-state index in [9.17, 15) is 9.59 Å². The Balaban J connectivity index is 1.61. The molecule has 1 unspecified atom stereocenters. The van der Waals surface area contributed by atoms with Gasteiger partial charge in [-0.3, -0.25) is 9.59 Å². The quantitative estimate of drug-likeness (QED) is 0.654. The van der Waals surface area contributed by atoms with E-state index in [0.29, 0.717) is 12.6 Å². The van der Waals surface area contributed by atoms with Gasteiger partial charge in [0.1, 0.15) is 0 Å². The Kier molecular flexibility index (Phi) is 6.02. The molecule has 2 amide bonds. The molecule has 136 valence electrons. The molecule has 1 fully saturated rings. The molecule has 0 heterocycles. The van der Waals surface area contributed by atoms with Crippen LogP contribution in [-0.2, 0) is 9.59 Å². The summed E-state index contributed by atoms with van der Waals surface area (Å²) in [4.78, 5) is 25.3. The molecule has 1 atom stereocenters. The molecule has 5 heteroatoms. The third-order valence-corrected chi connectivity index (χ3v) is 4.44. The van der Waals surface area contributed by atoms with Gasteiger partial charge in [-0.2, -0.15) is 0 Å². The van der Waals surface area contributed by atoms with E-state index in [4.69, 9.17) is 0 Å². The van der Waals surface area contributed by atoms with Crippen LogP contribution >= 0.6 is 0 Å². The monoisotopic (exact) mass is 352 g/mol. The number of carbonyl (C=O) groups excluding carboxylic acids is 2. The van der Waals surface area contributed by atoms with Crippen molar-refractivity contribution < 1.29 is 14.5 Å². The van der Waals surface area contributed by atoms with Gasteiger partial charge < -0.3 is 15.5 Å². The van der Waals surface area contributed by atoms with Crippen LogP contribution < -0.4 is 15.5 Å². The summed E-state index contributed by atoms with van der Waals surface area (Å²) in [6.45, 7) is 0.569. The van der Waals surface area contributed by atoms with Crippen molar-refractivity contribution in [1.82, 2.24) is 10.6 Å². The van der Waals surface area contributed by atoms with Crippen molar-refractivity contribution in [3.05, 3.63) is 71.8 Å². The highest BCUT2D eigenvalue weighted by Crippen LogP contribution is 2.21. The zero-order valence-corrected chi connectivity index (χ0v) is 15.1. The standard InChI is InChI=1S/C21H25N3O2/c1-24(14-19(25)22-18-12-13-18)15-20(26)23-21(16-8-4-2-5-9-16)17-10-6-3-7-11-17/h2-11,18,21H,12-15H2,1H3,(H,22,25)(H,23,26)/p+1. The van der Waals surface area contributed by atoms with Gasteiger partial charge in [-0.1, -0.05) is 60.7 Å². The molecule has 2 aromatic rings. The number of nitrogens with one attached hydrogen (secondary N) is 3. The molecule has 0 aliphatic heterocycles. The molecule has 5 nitrogen and oxygen atoms in total. The van der Waals surface area contributed by atoms with E-state index in [-0.39, 0.29) is 24.4 Å². The van der Waals surface area contributed by atoms with Gasteiger partial charge in [0.2, 0.25) is 0 Å². The fourth-order valence-electron chi connectivity index (χ4n) is 2.98. The number of quaternary nitrogens is 1. The van der Waals surface area contributed by atoms with Crippen molar-refractivity contribution in [2.24, 2.45) is 0 Å². The summed E-state index contributed by atoms with van der Waals surface area (Å²) >= 11 is 0. The molecule has 26 heavy (non-hydrogen) atoms. The van der Waals surface area contributed by atoms with Crippen molar-refractivity contribution in [2.45, 2.75) is 24.9 Å². The largest absolute Gasteiger partial charge is 0.348 e. The second-order valence-corrected chi connectivity index (χ2v) is 6.97. The molecular weight excluding hydrogens is 326 g/mol. The Morgan fingerprint density at radius 2 is 1.42 bits per heavy atom. The Bertz CT molecular complexity index is 690. The second-order valence-electron chi connectivity index (χ2n) is 6.97. The van der Waals surface area contributed by atoms with Crippen molar-refractivity contribution in [3.63, 3.8) is 0 Å². The minimum atomic E-state index is -0.196. The summed E-state index contributed by atoms with van der Waals surface area (Å²) in [5, 5.41) is 6.07. The third-order valence-electron chi connectivity index (χ3n) is 4.44. The lowest BCUT2D eigenvalue weighted by atomic mass is 9.99. The molecule has 0 aromatic heterocycles. The predicted octanol–water partition coefficient (Wildman–Crippen LogP) is 0.686. The van der Waals surface area contributed by atoms with Gasteiger partial charge in [-0.05, 0) is 24.0 Å². The number of likely N-dealkylation sites (N-methyl/N-ethyl adjacent to an activating group) is 1. The number of amides is 2. The van der Waals surface area contributed by atoms with Crippen LogP contribution in [0.4, 0.5) is 0 Å². The van der Waals surface area contributed by atoms with Gasteiger partial charge in [0.15, 0.2) is 13.1 Å². The summed E-state index contributed by atoms with van der Waals surface area (Å²) < 4.78 is 0. The fourth-order valence-corrected chi connectivity index (χ4v) is 2.98. The van der Waals surface area contributed by atoms with Gasteiger partial charge in [-0.15, -0.1) is 0 Å². The minimum absolute atomic E-state index is 0.0143. The van der Waals surface area contributed by atoms with E-state index in [1.807, 2.05) is 67.7 Å². The number of rotatable bonds is 8. The summed E-state index contributed by atoms with van der Waals surface area (Å²) in [5.74, 6) is -0.0557. The summed E-state index contributed by atoms with van der Waals surface area (Å²) in [6.07, 6.45) is 2.14. The first kappa shape index (κ1) is 18.1. The van der Waals surface area contributed by atoms with Gasteiger partial charge in [0, 0.05) is 6.04 Å². The Morgan fingerprint density at radius 3 is 1.92 bits per heavy atom. The first-order valence-corrected chi connectivity index (χ1v) is 9.12. The molecule has 0 bridgehead atoms. The summed E-state index contributed by atoms with van der Waals surface area (Å²) in [7, 11) is 1.87. The van der Waals surface area contributed by atoms with Crippen LogP contribution in [0.3, 0.4) is 0 Å². The van der Waals surface area contributed by atoms with Gasteiger partial charge >= 0.3 is 0 Å². The van der Waals surface area contributed by atoms with E-state index in [1.54, 1.807) is 0 Å². The van der Waals surface area contributed by atoms with Gasteiger partial charge in [0.05, 0.1) is 13.1 Å². The van der Waals surface area contributed by atoms with Crippen molar-refractivity contribution in [1.29, 1.82) is 0 Å². The van der Waals surface area contributed by atoms with E-state index in [0.717, 1.165) is 28.9 Å². The lowest BCUT2D eigenvalue weighted by Crippen LogP contribution is -3.11. The van der Waals surface area contributed by atoms with Crippen LogP contribution in [0.1, 0.15) is 30.0 Å². The second kappa shape index (κ2) is 8.63. The molecule has 2 aromatic carbocycles. The third kappa shape index (κ3) is 5.43. The van der Waals surface area contributed by atoms with E-state index >= 15 is 0 Å². The zero-order valence-electron chi connectivity index (χ0n) is 15.1. The Hall–Kier alpha value is -2.66. The molecule has 1 aliphatic carbocycles.